The molecule has 6 heteroatoms. The van der Waals surface area contributed by atoms with Crippen molar-refractivity contribution in [1.29, 1.82) is 0 Å². The van der Waals surface area contributed by atoms with Gasteiger partial charge in [-0.05, 0) is 73.5 Å². The highest BCUT2D eigenvalue weighted by atomic mass is 16.5. The molecule has 1 fully saturated rings. The summed E-state index contributed by atoms with van der Waals surface area (Å²) in [6.07, 6.45) is 1.70. The zero-order valence-corrected chi connectivity index (χ0v) is 19.0. The van der Waals surface area contributed by atoms with Gasteiger partial charge in [0.1, 0.15) is 11.5 Å². The van der Waals surface area contributed by atoms with Gasteiger partial charge < -0.3 is 19.4 Å². The van der Waals surface area contributed by atoms with Gasteiger partial charge in [0, 0.05) is 44.0 Å². The van der Waals surface area contributed by atoms with Crippen molar-refractivity contribution in [2.45, 2.75) is 19.9 Å². The molecule has 2 aromatic carbocycles. The van der Waals surface area contributed by atoms with E-state index in [4.69, 9.17) is 9.15 Å². The van der Waals surface area contributed by atoms with Gasteiger partial charge >= 0.3 is 0 Å². The van der Waals surface area contributed by atoms with Crippen LogP contribution in [-0.2, 0) is 0 Å². The summed E-state index contributed by atoms with van der Waals surface area (Å²) >= 11 is 0. The van der Waals surface area contributed by atoms with E-state index in [-0.39, 0.29) is 11.9 Å². The number of methoxy groups -OCH3 is 1. The first kappa shape index (κ1) is 22.0. The number of piperazine rings is 1. The minimum atomic E-state index is -0.0541. The van der Waals surface area contributed by atoms with E-state index >= 15 is 0 Å². The van der Waals surface area contributed by atoms with Crippen LogP contribution in [0.4, 0.5) is 5.69 Å². The van der Waals surface area contributed by atoms with Crippen LogP contribution in [0.2, 0.25) is 0 Å². The van der Waals surface area contributed by atoms with Crippen molar-refractivity contribution < 1.29 is 13.9 Å². The Bertz CT molecular complexity index is 1020. The van der Waals surface area contributed by atoms with E-state index in [0.29, 0.717) is 12.1 Å². The number of aryl methyl sites for hydroxylation is 2. The Hall–Kier alpha value is -3.25. The van der Waals surface area contributed by atoms with Gasteiger partial charge in [-0.3, -0.25) is 9.69 Å². The summed E-state index contributed by atoms with van der Waals surface area (Å²) in [6, 6.07) is 17.9. The molecule has 1 aliphatic heterocycles. The maximum atomic E-state index is 12.8. The van der Waals surface area contributed by atoms with E-state index in [2.05, 4.69) is 34.2 Å². The number of amides is 1. The lowest BCUT2D eigenvalue weighted by Gasteiger charge is -2.39. The average Bonchev–Trinajstić information content (AvgIpc) is 3.36. The topological polar surface area (TPSA) is 58.0 Å². The molecule has 1 aromatic heterocycles. The molecule has 0 bridgehead atoms. The van der Waals surface area contributed by atoms with Crippen molar-refractivity contribution in [3.8, 4) is 5.75 Å². The van der Waals surface area contributed by atoms with Gasteiger partial charge in [0.25, 0.3) is 5.91 Å². The van der Waals surface area contributed by atoms with Crippen LogP contribution in [0.25, 0.3) is 0 Å². The summed E-state index contributed by atoms with van der Waals surface area (Å²) in [7, 11) is 1.68. The third-order valence-electron chi connectivity index (χ3n) is 6.29. The molecule has 2 heterocycles. The van der Waals surface area contributed by atoms with E-state index in [1.54, 1.807) is 13.4 Å². The average molecular weight is 434 g/mol. The Morgan fingerprint density at radius 3 is 2.41 bits per heavy atom. The second-order valence-electron chi connectivity index (χ2n) is 8.26. The van der Waals surface area contributed by atoms with Crippen molar-refractivity contribution in [1.82, 2.24) is 10.2 Å². The molecule has 6 nitrogen and oxygen atoms in total. The summed E-state index contributed by atoms with van der Waals surface area (Å²) < 4.78 is 11.0. The summed E-state index contributed by atoms with van der Waals surface area (Å²) in [4.78, 5) is 17.5. The fourth-order valence-corrected chi connectivity index (χ4v) is 4.15. The molecule has 1 N–H and O–H groups in total. The zero-order chi connectivity index (χ0) is 22.5. The molecule has 32 heavy (non-hydrogen) atoms. The number of anilines is 1. The number of nitrogens with zero attached hydrogens (tertiary/aromatic N) is 2. The highest BCUT2D eigenvalue weighted by molar-refractivity contribution is 5.94. The van der Waals surface area contributed by atoms with Gasteiger partial charge in [0.2, 0.25) is 0 Å². The second-order valence-corrected chi connectivity index (χ2v) is 8.26. The highest BCUT2D eigenvalue weighted by Gasteiger charge is 2.27. The van der Waals surface area contributed by atoms with Gasteiger partial charge in [-0.2, -0.15) is 0 Å². The third-order valence-corrected chi connectivity index (χ3v) is 6.29. The summed E-state index contributed by atoms with van der Waals surface area (Å²) in [5.74, 6) is 1.69. The van der Waals surface area contributed by atoms with Crippen molar-refractivity contribution in [2.24, 2.45) is 0 Å². The number of carbonyl (C=O) groups excluding carboxylic acids is 1. The van der Waals surface area contributed by atoms with Crippen molar-refractivity contribution in [2.75, 3.05) is 44.7 Å². The lowest BCUT2D eigenvalue weighted by atomic mass is 10.1. The van der Waals surface area contributed by atoms with E-state index in [0.717, 1.165) is 43.3 Å². The van der Waals surface area contributed by atoms with Gasteiger partial charge in [-0.15, -0.1) is 0 Å². The first-order valence-electron chi connectivity index (χ1n) is 11.1. The van der Waals surface area contributed by atoms with Gasteiger partial charge in [-0.25, -0.2) is 0 Å². The Kier molecular flexibility index (Phi) is 6.81. The maximum absolute atomic E-state index is 12.8. The Morgan fingerprint density at radius 1 is 1.03 bits per heavy atom. The molecule has 1 unspecified atom stereocenters. The molecular weight excluding hydrogens is 402 g/mol. The minimum Gasteiger partial charge on any atom is -0.497 e. The summed E-state index contributed by atoms with van der Waals surface area (Å²) in [6.45, 7) is 8.18. The molecule has 0 radical (unpaired) electrons. The van der Waals surface area contributed by atoms with Gasteiger partial charge in [0.15, 0.2) is 0 Å². The number of rotatable bonds is 7. The van der Waals surface area contributed by atoms with E-state index < -0.39 is 0 Å². The Labute approximate surface area is 189 Å². The largest absolute Gasteiger partial charge is 0.497 e. The molecule has 1 atom stereocenters. The second kappa shape index (κ2) is 9.92. The van der Waals surface area contributed by atoms with Gasteiger partial charge in [0.05, 0.1) is 19.4 Å². The number of furan rings is 1. The van der Waals surface area contributed by atoms with Crippen molar-refractivity contribution >= 4 is 11.6 Å². The van der Waals surface area contributed by atoms with Crippen LogP contribution in [0.5, 0.6) is 5.75 Å². The van der Waals surface area contributed by atoms with E-state index in [9.17, 15) is 4.79 Å². The van der Waals surface area contributed by atoms with E-state index in [1.165, 1.54) is 11.3 Å². The smallest absolute Gasteiger partial charge is 0.251 e. The molecule has 1 saturated heterocycles. The Balaban J connectivity index is 1.40. The fourth-order valence-electron chi connectivity index (χ4n) is 4.15. The molecule has 168 valence electrons. The SMILES string of the molecule is COc1ccc(N2CCN(C(CNC(=O)c3ccc(C)c(C)c3)c3ccco3)CC2)cc1. The van der Waals surface area contributed by atoms with Crippen LogP contribution in [0.1, 0.15) is 33.3 Å². The molecule has 3 aromatic rings. The first-order valence-corrected chi connectivity index (χ1v) is 11.1. The molecule has 0 spiro atoms. The lowest BCUT2D eigenvalue weighted by molar-refractivity contribution is 0.0922. The van der Waals surface area contributed by atoms with Crippen LogP contribution in [0, 0.1) is 13.8 Å². The highest BCUT2D eigenvalue weighted by Crippen LogP contribution is 2.25. The van der Waals surface area contributed by atoms with Crippen LogP contribution in [0.3, 0.4) is 0 Å². The number of hydrogen-bond donors (Lipinski definition) is 1. The molecule has 4 rings (SSSR count). The van der Waals surface area contributed by atoms with Crippen molar-refractivity contribution in [3.05, 3.63) is 83.3 Å². The lowest BCUT2D eigenvalue weighted by Crippen LogP contribution is -2.49. The zero-order valence-electron chi connectivity index (χ0n) is 19.0. The standard InChI is InChI=1S/C26H31N3O3/c1-19-6-7-21(17-20(19)2)26(30)27-18-24(25-5-4-16-32-25)29-14-12-28(13-15-29)22-8-10-23(31-3)11-9-22/h4-11,16-17,24H,12-15,18H2,1-3H3,(H,27,30). The number of benzene rings is 2. The monoisotopic (exact) mass is 433 g/mol. The van der Waals surface area contributed by atoms with Gasteiger partial charge in [-0.1, -0.05) is 6.07 Å². The summed E-state index contributed by atoms with van der Waals surface area (Å²) in [5, 5.41) is 3.12. The number of nitrogens with one attached hydrogen (secondary N) is 1. The number of hydrogen-bond acceptors (Lipinski definition) is 5. The number of carbonyl (C=O) groups is 1. The van der Waals surface area contributed by atoms with Crippen LogP contribution < -0.4 is 15.0 Å². The molecular formula is C26H31N3O3. The molecule has 1 amide bonds. The Morgan fingerprint density at radius 2 is 1.78 bits per heavy atom. The first-order chi connectivity index (χ1) is 15.5. The van der Waals surface area contributed by atoms with Crippen LogP contribution >= 0.6 is 0 Å². The molecule has 0 saturated carbocycles. The van der Waals surface area contributed by atoms with Crippen molar-refractivity contribution in [3.63, 3.8) is 0 Å². The minimum absolute atomic E-state index is 0.00138. The van der Waals surface area contributed by atoms with Crippen LogP contribution in [0.15, 0.2) is 65.3 Å². The quantitative estimate of drug-likeness (QED) is 0.605. The van der Waals surface area contributed by atoms with E-state index in [1.807, 2.05) is 49.4 Å². The third kappa shape index (κ3) is 4.97. The van der Waals surface area contributed by atoms with Crippen LogP contribution in [-0.4, -0.2) is 50.6 Å². The predicted molar refractivity (Wildman–Crippen MR) is 126 cm³/mol. The normalized spacial score (nSPS) is 15.4. The number of ether oxygens (including phenoxy) is 1. The predicted octanol–water partition coefficient (Wildman–Crippen LogP) is 4.20. The molecule has 0 aliphatic carbocycles. The maximum Gasteiger partial charge on any atom is 0.251 e. The summed E-state index contributed by atoms with van der Waals surface area (Å²) in [5.41, 5.74) is 4.19. The molecule has 1 aliphatic rings. The fraction of sp³-hybridized carbons (Fsp3) is 0.346.